The fraction of sp³-hybridized carbons (Fsp3) is 0.579. The Morgan fingerprint density at radius 2 is 1.61 bits per heavy atom. The number of methoxy groups -OCH3 is 1. The molecule has 0 saturated carbocycles. The number of carbonyl (C=O) groups is 9. The molecule has 25 nitrogen and oxygen atoms in total. The number of hydrogen-bond acceptors (Lipinski definition) is 22. The van der Waals surface area contributed by atoms with Crippen LogP contribution in [0, 0.1) is 56.3 Å². The first-order valence-electron chi connectivity index (χ1n) is 35.1. The van der Waals surface area contributed by atoms with Gasteiger partial charge in [-0.25, -0.2) is 4.99 Å². The first-order valence-corrected chi connectivity index (χ1v) is 37.2. The highest BCUT2D eigenvalue weighted by molar-refractivity contribution is 7.55. The van der Waals surface area contributed by atoms with Gasteiger partial charge in [0.1, 0.15) is 82.4 Å². The molecule has 3 aromatic rings. The molecule has 102 heavy (non-hydrogen) atoms. The number of nitrogens with one attached hydrogen (secondary N) is 2. The van der Waals surface area contributed by atoms with Crippen molar-refractivity contribution >= 4 is 83.8 Å². The average molecular weight is 1440 g/mol. The predicted molar refractivity (Wildman–Crippen MR) is 386 cm³/mol. The van der Waals surface area contributed by atoms with E-state index in [0.29, 0.717) is 79.8 Å². The summed E-state index contributed by atoms with van der Waals surface area (Å²) in [6.07, 6.45) is 10.3. The lowest BCUT2D eigenvalue weighted by Crippen LogP contribution is -2.51. The van der Waals surface area contributed by atoms with Crippen LogP contribution < -0.4 is 35.6 Å². The van der Waals surface area contributed by atoms with Crippen molar-refractivity contribution in [2.24, 2.45) is 45.5 Å². The Labute approximate surface area is 598 Å². The van der Waals surface area contributed by atoms with Crippen LogP contribution in [0.4, 0.5) is 5.69 Å². The number of aldehydes is 1. The molecule has 0 radical (unpaired) electrons. The summed E-state index contributed by atoms with van der Waals surface area (Å²) in [4.78, 5) is 135. The molecule has 5 heterocycles. The van der Waals surface area contributed by atoms with Gasteiger partial charge in [0.15, 0.2) is 5.75 Å². The third-order valence-electron chi connectivity index (χ3n) is 19.8. The van der Waals surface area contributed by atoms with Crippen molar-refractivity contribution in [2.45, 2.75) is 190 Å². The number of likely N-dealkylation sites (N-methyl/N-ethyl adjacent to an activating group) is 1. The lowest BCUT2D eigenvalue weighted by molar-refractivity contribution is -0.166. The quantitative estimate of drug-likeness (QED) is 0.0107. The van der Waals surface area contributed by atoms with E-state index in [2.05, 4.69) is 40.7 Å². The summed E-state index contributed by atoms with van der Waals surface area (Å²) in [7, 11) is 1.74. The molecule has 5 N–H and O–H groups in total. The standard InChI is InChI=1S/C76H103N6O19P/c1-19-57(87)99-55-35-43(6)68(96-33-21-20-25-51(38-83)49(12)84)44(7)52(55)26-27-56(86)77-53(39-102(17)18)74(94)81(15)37-58(88)100-69-41(4)23-22-24-42(5)73(93)78-64-63-62(79-76(80-63)29-31-82(32-30-76)36-40(2)3)59-60(67(64)91)66(90)48(11)71-61(59)72(92)75(14,101-71)97-34-28-54(95-16)45(8)70(98-50(13)85)47(10)65(89)46(69)9/h22-24,28,34-35,38,40-41,45-47,51,53-54,65,69-70,89H,17,19-21,25-27,29-33,36-37,39H2,1-16,18H3,(H3-,77,78,79,80,86,90,91,92,93)/p+1/b23-22?,34-28?,42-24-. The maximum absolute atomic E-state index is 15.1. The summed E-state index contributed by atoms with van der Waals surface area (Å²) in [6, 6.07) is 0.533. The van der Waals surface area contributed by atoms with Gasteiger partial charge in [0.2, 0.25) is 11.8 Å². The highest BCUT2D eigenvalue weighted by Gasteiger charge is 2.51. The van der Waals surface area contributed by atoms with Crippen molar-refractivity contribution in [1.29, 1.82) is 0 Å². The second-order valence-corrected chi connectivity index (χ2v) is 30.5. The number of carbonyl (C=O) groups excluding carboxylic acids is 9. The van der Waals surface area contributed by atoms with Gasteiger partial charge in [-0.05, 0) is 89.5 Å². The number of rotatable bonds is 24. The zero-order chi connectivity index (χ0) is 75.6. The molecule has 5 aliphatic rings. The van der Waals surface area contributed by atoms with Crippen LogP contribution in [0.15, 0.2) is 52.2 Å². The number of piperidine rings is 1. The van der Waals surface area contributed by atoms with Gasteiger partial charge >= 0.3 is 23.7 Å². The molecular weight excluding hydrogens is 1330 g/mol. The first-order chi connectivity index (χ1) is 48.0. The summed E-state index contributed by atoms with van der Waals surface area (Å²) < 4.78 is 42.8. The van der Waals surface area contributed by atoms with E-state index >= 15 is 4.79 Å². The minimum Gasteiger partial charge on any atom is -0.507 e. The number of hydrogen-bond donors (Lipinski definition) is 5. The highest BCUT2D eigenvalue weighted by atomic mass is 31.1. The zero-order valence-electron chi connectivity index (χ0n) is 62.1. The second-order valence-electron chi connectivity index (χ2n) is 28.4. The number of aliphatic hydroxyl groups is 1. The molecule has 1 saturated heterocycles. The highest BCUT2D eigenvalue weighted by Crippen LogP contribution is 2.51. The Bertz CT molecular complexity index is 3970. The van der Waals surface area contributed by atoms with Gasteiger partial charge in [-0.1, -0.05) is 66.7 Å². The number of esters is 3. The van der Waals surface area contributed by atoms with Crippen LogP contribution in [-0.2, 0) is 63.7 Å². The molecule has 0 aliphatic carbocycles. The van der Waals surface area contributed by atoms with Crippen LogP contribution in [0.25, 0.3) is 10.8 Å². The number of aryl methyl sites for hydroxylation is 1. The normalized spacial score (nSPS) is 24.1. The fourth-order valence-corrected chi connectivity index (χ4v) is 14.8. The molecule has 3 aromatic carbocycles. The summed E-state index contributed by atoms with van der Waals surface area (Å²) >= 11 is 0. The Hall–Kier alpha value is -8.38. The molecule has 8 rings (SSSR count). The number of anilines is 1. The number of phenolic OH excluding ortho intramolecular Hbond substituents is 2. The number of fused-ring (bicyclic) bond motifs is 13. The fourth-order valence-electron chi connectivity index (χ4n) is 14.0. The Morgan fingerprint density at radius 1 is 0.931 bits per heavy atom. The molecule has 556 valence electrons. The van der Waals surface area contributed by atoms with E-state index in [1.165, 1.54) is 67.2 Å². The molecule has 12 unspecified atom stereocenters. The number of ether oxygens (including phenoxy) is 7. The average Bonchev–Trinajstić information content (AvgIpc) is 1.52. The van der Waals surface area contributed by atoms with Gasteiger partial charge < -0.3 is 73.7 Å². The predicted octanol–water partition coefficient (Wildman–Crippen LogP) is 8.31. The van der Waals surface area contributed by atoms with Gasteiger partial charge in [-0.3, -0.25) is 43.3 Å². The van der Waals surface area contributed by atoms with Crippen LogP contribution in [0.1, 0.15) is 154 Å². The number of unbranched alkanes of at least 4 members (excludes halogenated alkanes) is 1. The number of amides is 3. The van der Waals surface area contributed by atoms with E-state index in [0.717, 1.165) is 11.4 Å². The Balaban J connectivity index is 1.20. The van der Waals surface area contributed by atoms with Crippen molar-refractivity contribution in [3.05, 3.63) is 80.7 Å². The maximum Gasteiger partial charge on any atom is 0.325 e. The SMILES string of the molecule is C=[P+](C)CC(NC(=O)CCc1c(OC(=O)CC)cc(C)c(OCCCCC(C=O)C(C)=O)c1C)C(=O)N(C)CC(=O)OC1C(C)C=C/C=C(/C)C(=O)N=c2c(O)c3c(O)c(C)c4c(c3c3c2=NC2(CCN(CC(C)C)CC2)N3)C(=O)C(C)(OC=CC(OC)C(C)C(OC(C)=O)C(C)C(O)C1C)O4. The van der Waals surface area contributed by atoms with Gasteiger partial charge in [0, 0.05) is 119 Å². The molecule has 5 aliphatic heterocycles. The molecule has 3 amide bonds. The topological polar surface area (TPSA) is 334 Å². The summed E-state index contributed by atoms with van der Waals surface area (Å²) in [5.74, 6) is -10.8. The van der Waals surface area contributed by atoms with Crippen molar-refractivity contribution in [3.8, 4) is 28.7 Å². The van der Waals surface area contributed by atoms with Crippen molar-refractivity contribution in [2.75, 3.05) is 65.1 Å². The third-order valence-corrected chi connectivity index (χ3v) is 20.8. The van der Waals surface area contributed by atoms with Crippen molar-refractivity contribution in [3.63, 3.8) is 0 Å². The minimum atomic E-state index is -2.06. The first kappa shape index (κ1) is 80.9. The minimum absolute atomic E-state index is 0.00551. The number of Topliss-reactive ketones (excluding diaryl/α,β-unsaturated/α-hetero) is 2. The van der Waals surface area contributed by atoms with Gasteiger partial charge in [-0.2, -0.15) is 0 Å². The number of allylic oxidation sites excluding steroid dienone is 2. The van der Waals surface area contributed by atoms with Crippen LogP contribution >= 0.6 is 7.55 Å². The van der Waals surface area contributed by atoms with Gasteiger partial charge in [0.25, 0.3) is 11.7 Å². The largest absolute Gasteiger partial charge is 0.507 e. The van der Waals surface area contributed by atoms with Crippen LogP contribution in [0.2, 0.25) is 0 Å². The summed E-state index contributed by atoms with van der Waals surface area (Å²) in [5, 5.41) is 43.3. The summed E-state index contributed by atoms with van der Waals surface area (Å²) in [5.41, 5.74) is 1.32. The molecule has 0 aromatic heterocycles. The second kappa shape index (κ2) is 34.7. The number of benzene rings is 3. The number of ketones is 2. The van der Waals surface area contributed by atoms with Crippen LogP contribution in [0.3, 0.4) is 0 Å². The van der Waals surface area contributed by atoms with Crippen LogP contribution in [-0.4, -0.2) is 187 Å². The van der Waals surface area contributed by atoms with E-state index in [-0.39, 0.29) is 93.2 Å². The molecule has 26 heteroatoms. The van der Waals surface area contributed by atoms with Crippen molar-refractivity contribution in [1.82, 2.24) is 15.1 Å². The smallest absolute Gasteiger partial charge is 0.325 e. The van der Waals surface area contributed by atoms with Gasteiger partial charge in [0.05, 0.1) is 68.1 Å². The number of likely N-dealkylation sites (tertiary alicyclic amines) is 1. The zero-order valence-corrected chi connectivity index (χ0v) is 63.0. The number of aromatic hydroxyl groups is 2. The number of aliphatic hydroxyl groups excluding tert-OH is 1. The summed E-state index contributed by atoms with van der Waals surface area (Å²) in [6.45, 7) is 27.0. The molecule has 1 fully saturated rings. The van der Waals surface area contributed by atoms with E-state index in [4.69, 9.17) is 38.2 Å². The Kier molecular flexibility index (Phi) is 27.6. The van der Waals surface area contributed by atoms with Gasteiger partial charge in [-0.15, -0.1) is 0 Å². The van der Waals surface area contributed by atoms with E-state index in [1.54, 1.807) is 66.7 Å². The molecule has 1 spiro atoms. The Morgan fingerprint density at radius 3 is 2.23 bits per heavy atom. The third kappa shape index (κ3) is 18.7. The van der Waals surface area contributed by atoms with E-state index < -0.39 is 138 Å². The van der Waals surface area contributed by atoms with Crippen LogP contribution in [0.5, 0.6) is 28.7 Å². The van der Waals surface area contributed by atoms with E-state index in [9.17, 15) is 53.7 Å². The number of phenols is 2. The lowest BCUT2D eigenvalue weighted by Gasteiger charge is -2.39. The number of nitrogens with zero attached hydrogens (tertiary/aromatic N) is 4. The lowest BCUT2D eigenvalue weighted by atomic mass is 9.78. The molecule has 5 bridgehead atoms. The van der Waals surface area contributed by atoms with E-state index in [1.807, 2.05) is 6.66 Å². The van der Waals surface area contributed by atoms with Crippen molar-refractivity contribution < 1.29 is 91.6 Å². The maximum atomic E-state index is 15.1. The monoisotopic (exact) mass is 1440 g/mol. The molecular formula is C76H104N6O19P+. The molecule has 12 atom stereocenters.